The molecule has 0 bridgehead atoms. The molecule has 0 aliphatic rings. The van der Waals surface area contributed by atoms with E-state index in [1.807, 2.05) is 18.7 Å². The highest BCUT2D eigenvalue weighted by Gasteiger charge is 2.20. The number of nitrogens with two attached hydrogens (primary N) is 1. The molecule has 0 spiro atoms. The molecule has 4 nitrogen and oxygen atoms in total. The van der Waals surface area contributed by atoms with Gasteiger partial charge in [0.15, 0.2) is 0 Å². The second-order valence-electron chi connectivity index (χ2n) is 4.37. The van der Waals surface area contributed by atoms with Crippen LogP contribution in [-0.2, 0) is 0 Å². The highest BCUT2D eigenvalue weighted by Crippen LogP contribution is 2.29. The van der Waals surface area contributed by atoms with Gasteiger partial charge in [-0.2, -0.15) is 0 Å². The van der Waals surface area contributed by atoms with Crippen LogP contribution < -0.4 is 10.5 Å². The van der Waals surface area contributed by atoms with Crippen LogP contribution >= 0.6 is 11.6 Å². The van der Waals surface area contributed by atoms with Crippen LogP contribution in [-0.4, -0.2) is 31.0 Å². The van der Waals surface area contributed by atoms with Crippen molar-refractivity contribution in [2.24, 2.45) is 0 Å². The fourth-order valence-electron chi connectivity index (χ4n) is 1.93. The van der Waals surface area contributed by atoms with Gasteiger partial charge in [-0.1, -0.05) is 25.4 Å². The molecule has 0 atom stereocenters. The number of amides is 1. The van der Waals surface area contributed by atoms with Crippen LogP contribution in [0.3, 0.4) is 0 Å². The summed E-state index contributed by atoms with van der Waals surface area (Å²) >= 11 is 5.99. The average Bonchev–Trinajstić information content (AvgIpc) is 2.40. The molecule has 0 fully saturated rings. The van der Waals surface area contributed by atoms with E-state index < -0.39 is 0 Å². The maximum absolute atomic E-state index is 12.5. The van der Waals surface area contributed by atoms with E-state index in [0.29, 0.717) is 22.0 Å². The number of carbonyl (C=O) groups excluding carboxylic acids is 1. The van der Waals surface area contributed by atoms with E-state index in [1.54, 1.807) is 12.1 Å². The predicted molar refractivity (Wildman–Crippen MR) is 78.9 cm³/mol. The topological polar surface area (TPSA) is 55.6 Å². The van der Waals surface area contributed by atoms with Crippen molar-refractivity contribution >= 4 is 23.2 Å². The standard InChI is InChI=1S/C14H21ClN2O2/c1-4-6-17(7-5-2)14(18)10-8-11(15)12(16)9-13(10)19-3/h8-9H,4-7,16H2,1-3H3. The Labute approximate surface area is 119 Å². The molecule has 106 valence electrons. The maximum atomic E-state index is 12.5. The number of hydrogen-bond donors (Lipinski definition) is 1. The molecule has 0 radical (unpaired) electrons. The monoisotopic (exact) mass is 284 g/mol. The lowest BCUT2D eigenvalue weighted by atomic mass is 10.1. The molecule has 1 aromatic carbocycles. The third kappa shape index (κ3) is 3.77. The van der Waals surface area contributed by atoms with Gasteiger partial charge in [-0.3, -0.25) is 4.79 Å². The third-order valence-electron chi connectivity index (χ3n) is 2.82. The molecule has 0 aromatic heterocycles. The first-order valence-corrected chi connectivity index (χ1v) is 6.85. The summed E-state index contributed by atoms with van der Waals surface area (Å²) in [5.41, 5.74) is 6.59. The molecule has 0 saturated carbocycles. The van der Waals surface area contributed by atoms with Crippen LogP contribution in [0.4, 0.5) is 5.69 Å². The molecule has 1 aromatic rings. The second kappa shape index (κ2) is 7.24. The van der Waals surface area contributed by atoms with Crippen LogP contribution in [0.1, 0.15) is 37.0 Å². The molecule has 5 heteroatoms. The van der Waals surface area contributed by atoms with Gasteiger partial charge in [-0.25, -0.2) is 0 Å². The summed E-state index contributed by atoms with van der Waals surface area (Å²) in [6.45, 7) is 5.53. The average molecular weight is 285 g/mol. The third-order valence-corrected chi connectivity index (χ3v) is 3.15. The van der Waals surface area contributed by atoms with E-state index in [4.69, 9.17) is 22.1 Å². The van der Waals surface area contributed by atoms with E-state index >= 15 is 0 Å². The van der Waals surface area contributed by atoms with E-state index in [1.165, 1.54) is 7.11 Å². The Kier molecular flexibility index (Phi) is 5.96. The van der Waals surface area contributed by atoms with Crippen LogP contribution in [0.5, 0.6) is 5.75 Å². The summed E-state index contributed by atoms with van der Waals surface area (Å²) in [7, 11) is 1.52. The second-order valence-corrected chi connectivity index (χ2v) is 4.77. The van der Waals surface area contributed by atoms with Crippen molar-refractivity contribution in [1.82, 2.24) is 4.90 Å². The van der Waals surface area contributed by atoms with Gasteiger partial charge in [0.1, 0.15) is 5.75 Å². The van der Waals surface area contributed by atoms with E-state index in [2.05, 4.69) is 0 Å². The van der Waals surface area contributed by atoms with Crippen molar-refractivity contribution in [2.45, 2.75) is 26.7 Å². The number of halogens is 1. The van der Waals surface area contributed by atoms with E-state index in [0.717, 1.165) is 25.9 Å². The molecule has 0 aliphatic heterocycles. The summed E-state index contributed by atoms with van der Waals surface area (Å²) in [6.07, 6.45) is 1.83. The zero-order valence-electron chi connectivity index (χ0n) is 11.7. The predicted octanol–water partition coefficient (Wildman–Crippen LogP) is 3.19. The summed E-state index contributed by atoms with van der Waals surface area (Å²) in [5, 5.41) is 0.372. The van der Waals surface area contributed by atoms with Crippen molar-refractivity contribution in [3.63, 3.8) is 0 Å². The Morgan fingerprint density at radius 1 is 1.32 bits per heavy atom. The van der Waals surface area contributed by atoms with Crippen LogP contribution in [0, 0.1) is 0 Å². The Bertz CT molecular complexity index is 443. The molecule has 0 aliphatic carbocycles. The minimum Gasteiger partial charge on any atom is -0.496 e. The lowest BCUT2D eigenvalue weighted by molar-refractivity contribution is 0.0752. The number of hydrogen-bond acceptors (Lipinski definition) is 3. The number of ether oxygens (including phenoxy) is 1. The van der Waals surface area contributed by atoms with Gasteiger partial charge >= 0.3 is 0 Å². The fourth-order valence-corrected chi connectivity index (χ4v) is 2.09. The Morgan fingerprint density at radius 3 is 2.37 bits per heavy atom. The minimum absolute atomic E-state index is 0.0672. The lowest BCUT2D eigenvalue weighted by Gasteiger charge is -2.22. The van der Waals surface area contributed by atoms with Crippen LogP contribution in [0.15, 0.2) is 12.1 Å². The van der Waals surface area contributed by atoms with Gasteiger partial charge < -0.3 is 15.4 Å². The van der Waals surface area contributed by atoms with E-state index in [9.17, 15) is 4.79 Å². The summed E-state index contributed by atoms with van der Waals surface area (Å²) in [5.74, 6) is 0.395. The number of anilines is 1. The molecule has 1 amide bonds. The largest absolute Gasteiger partial charge is 0.496 e. The molecule has 2 N–H and O–H groups in total. The Hall–Kier alpha value is -1.42. The zero-order chi connectivity index (χ0) is 14.4. The van der Waals surface area contributed by atoms with Gasteiger partial charge in [0.2, 0.25) is 0 Å². The maximum Gasteiger partial charge on any atom is 0.257 e. The summed E-state index contributed by atoms with van der Waals surface area (Å²) in [4.78, 5) is 14.3. The van der Waals surface area contributed by atoms with Gasteiger partial charge in [0, 0.05) is 19.2 Å². The number of carbonyl (C=O) groups is 1. The van der Waals surface area contributed by atoms with Crippen molar-refractivity contribution in [2.75, 3.05) is 25.9 Å². The summed E-state index contributed by atoms with van der Waals surface area (Å²) < 4.78 is 5.22. The first-order chi connectivity index (χ1) is 9.04. The van der Waals surface area contributed by atoms with Crippen molar-refractivity contribution in [1.29, 1.82) is 0 Å². The number of nitrogen functional groups attached to an aromatic ring is 1. The highest BCUT2D eigenvalue weighted by molar-refractivity contribution is 6.33. The smallest absolute Gasteiger partial charge is 0.257 e. The van der Waals surface area contributed by atoms with Gasteiger partial charge in [-0.05, 0) is 18.9 Å². The van der Waals surface area contributed by atoms with Crippen molar-refractivity contribution in [3.05, 3.63) is 22.7 Å². The minimum atomic E-state index is -0.0672. The first-order valence-electron chi connectivity index (χ1n) is 6.47. The number of nitrogens with zero attached hydrogens (tertiary/aromatic N) is 1. The molecule has 19 heavy (non-hydrogen) atoms. The number of rotatable bonds is 6. The first kappa shape index (κ1) is 15.6. The molecular weight excluding hydrogens is 264 g/mol. The lowest BCUT2D eigenvalue weighted by Crippen LogP contribution is -2.32. The highest BCUT2D eigenvalue weighted by atomic mass is 35.5. The number of methoxy groups -OCH3 is 1. The SMILES string of the molecule is CCCN(CCC)C(=O)c1cc(Cl)c(N)cc1OC. The molecule has 1 rings (SSSR count). The van der Waals surface area contributed by atoms with E-state index in [-0.39, 0.29) is 5.91 Å². The quantitative estimate of drug-likeness (QED) is 0.816. The molecule has 0 heterocycles. The fraction of sp³-hybridized carbons (Fsp3) is 0.500. The Morgan fingerprint density at radius 2 is 1.89 bits per heavy atom. The van der Waals surface area contributed by atoms with Gasteiger partial charge in [-0.15, -0.1) is 0 Å². The van der Waals surface area contributed by atoms with Gasteiger partial charge in [0.05, 0.1) is 23.4 Å². The molecule has 0 unspecified atom stereocenters. The molecule has 0 saturated heterocycles. The van der Waals surface area contributed by atoms with Gasteiger partial charge in [0.25, 0.3) is 5.91 Å². The normalized spacial score (nSPS) is 10.3. The number of benzene rings is 1. The van der Waals surface area contributed by atoms with Crippen molar-refractivity contribution < 1.29 is 9.53 Å². The zero-order valence-corrected chi connectivity index (χ0v) is 12.5. The molecular formula is C14H21ClN2O2. The van der Waals surface area contributed by atoms with Crippen molar-refractivity contribution in [3.8, 4) is 5.75 Å². The van der Waals surface area contributed by atoms with Crippen LogP contribution in [0.25, 0.3) is 0 Å². The summed E-state index contributed by atoms with van der Waals surface area (Å²) in [6, 6.07) is 3.17. The van der Waals surface area contributed by atoms with Crippen LogP contribution in [0.2, 0.25) is 5.02 Å². The Balaban J connectivity index is 3.12.